The second-order valence-electron chi connectivity index (χ2n) is 4.52. The van der Waals surface area contributed by atoms with E-state index in [0.29, 0.717) is 5.78 Å². The van der Waals surface area contributed by atoms with E-state index in [1.54, 1.807) is 0 Å². The van der Waals surface area contributed by atoms with Crippen LogP contribution in [0.3, 0.4) is 0 Å². The molecule has 0 radical (unpaired) electrons. The molecule has 1 aliphatic carbocycles. The van der Waals surface area contributed by atoms with E-state index in [-0.39, 0.29) is 5.92 Å². The Labute approximate surface area is 118 Å². The van der Waals surface area contributed by atoms with Gasteiger partial charge in [-0.25, -0.2) is 0 Å². The van der Waals surface area contributed by atoms with Gasteiger partial charge in [-0.3, -0.25) is 4.79 Å². The normalized spacial score (nSPS) is 18.4. The maximum Gasteiger partial charge on any atom is 0.167 e. The van der Waals surface area contributed by atoms with Gasteiger partial charge in [-0.15, -0.1) is 0 Å². The van der Waals surface area contributed by atoms with Gasteiger partial charge in [0.25, 0.3) is 0 Å². The summed E-state index contributed by atoms with van der Waals surface area (Å²) in [6, 6.07) is 7.99. The van der Waals surface area contributed by atoms with E-state index >= 15 is 0 Å². The van der Waals surface area contributed by atoms with Gasteiger partial charge in [-0.2, -0.15) is 0 Å². The number of aryl methyl sites for hydroxylation is 1. The molecule has 1 aliphatic rings. The molecular formula is C14H20INO. The first kappa shape index (κ1) is 14.6. The molecule has 0 aromatic heterocycles. The van der Waals surface area contributed by atoms with Crippen molar-refractivity contribution in [3.63, 3.8) is 0 Å². The van der Waals surface area contributed by atoms with Crippen LogP contribution in [0.2, 0.25) is 0 Å². The van der Waals surface area contributed by atoms with Crippen molar-refractivity contribution < 1.29 is 4.79 Å². The summed E-state index contributed by atoms with van der Waals surface area (Å²) < 4.78 is 0. The number of Topliss-reactive ketones (excluding diaryl/α,β-unsaturated/α-hetero) is 1. The van der Waals surface area contributed by atoms with E-state index in [4.69, 9.17) is 0 Å². The van der Waals surface area contributed by atoms with Crippen molar-refractivity contribution in [1.82, 2.24) is 4.90 Å². The van der Waals surface area contributed by atoms with Crippen LogP contribution in [0.25, 0.3) is 0 Å². The molecular weight excluding hydrogens is 325 g/mol. The summed E-state index contributed by atoms with van der Waals surface area (Å²) >= 11 is 2.15. The smallest absolute Gasteiger partial charge is 0.167 e. The zero-order valence-corrected chi connectivity index (χ0v) is 12.9. The highest BCUT2D eigenvalue weighted by molar-refractivity contribution is 14.1. The molecule has 0 amide bonds. The van der Waals surface area contributed by atoms with E-state index in [1.807, 2.05) is 37.2 Å². The summed E-state index contributed by atoms with van der Waals surface area (Å²) in [6.45, 7) is 0.868. The summed E-state index contributed by atoms with van der Waals surface area (Å²) in [5.74, 6) is 0.514. The van der Waals surface area contributed by atoms with Crippen molar-refractivity contribution in [2.45, 2.75) is 12.8 Å². The van der Waals surface area contributed by atoms with Crippen LogP contribution < -0.4 is 0 Å². The lowest BCUT2D eigenvalue weighted by molar-refractivity contribution is 0.0877. The summed E-state index contributed by atoms with van der Waals surface area (Å²) in [7, 11) is 4.04. The molecule has 3 heteroatoms. The van der Waals surface area contributed by atoms with Crippen molar-refractivity contribution in [1.29, 1.82) is 0 Å². The number of nitrogens with zero attached hydrogens (tertiary/aromatic N) is 1. The lowest BCUT2D eigenvalue weighted by Crippen LogP contribution is -2.31. The fraction of sp³-hybridized carbons (Fsp3) is 0.500. The predicted molar refractivity (Wildman–Crippen MR) is 81.1 cm³/mol. The summed E-state index contributed by atoms with van der Waals surface area (Å²) in [5.41, 5.74) is 2.16. The molecule has 2 nitrogen and oxygen atoms in total. The molecule has 0 bridgehead atoms. The van der Waals surface area contributed by atoms with Crippen LogP contribution in [0.15, 0.2) is 24.3 Å². The second-order valence-corrected chi connectivity index (χ2v) is 4.52. The van der Waals surface area contributed by atoms with Gasteiger partial charge >= 0.3 is 0 Å². The van der Waals surface area contributed by atoms with Crippen LogP contribution in [0.5, 0.6) is 0 Å². The van der Waals surface area contributed by atoms with Gasteiger partial charge < -0.3 is 4.90 Å². The average Bonchev–Trinajstić information content (AvgIpc) is 2.35. The fourth-order valence-corrected chi connectivity index (χ4v) is 2.27. The highest BCUT2D eigenvalue weighted by Crippen LogP contribution is 2.25. The van der Waals surface area contributed by atoms with Crippen molar-refractivity contribution in [3.05, 3.63) is 35.4 Å². The van der Waals surface area contributed by atoms with E-state index in [1.165, 1.54) is 5.56 Å². The molecule has 0 saturated carbocycles. The maximum absolute atomic E-state index is 12.1. The minimum Gasteiger partial charge on any atom is -0.309 e. The molecule has 94 valence electrons. The predicted octanol–water partition coefficient (Wildman–Crippen LogP) is 3.04. The van der Waals surface area contributed by atoms with Crippen LogP contribution >= 0.6 is 22.6 Å². The number of fused-ring (bicyclic) bond motifs is 1. The molecule has 0 saturated heterocycles. The molecule has 1 unspecified atom stereocenters. The van der Waals surface area contributed by atoms with Crippen molar-refractivity contribution in [2.75, 3.05) is 25.6 Å². The molecule has 17 heavy (non-hydrogen) atoms. The van der Waals surface area contributed by atoms with Gasteiger partial charge in [0.15, 0.2) is 5.78 Å². The summed E-state index contributed by atoms with van der Waals surface area (Å²) in [4.78, 5) is 16.2. The fourth-order valence-electron chi connectivity index (χ4n) is 2.27. The largest absolute Gasteiger partial charge is 0.309 e. The molecule has 0 spiro atoms. The van der Waals surface area contributed by atoms with Gasteiger partial charge in [0, 0.05) is 18.0 Å². The molecule has 0 aliphatic heterocycles. The summed E-state index contributed by atoms with van der Waals surface area (Å²) in [5, 5.41) is 0. The number of carbonyl (C=O) groups is 1. The lowest BCUT2D eigenvalue weighted by atomic mass is 9.82. The maximum atomic E-state index is 12.1. The van der Waals surface area contributed by atoms with Crippen LogP contribution in [0, 0.1) is 5.92 Å². The molecule has 1 atom stereocenters. The Hall–Kier alpha value is -0.420. The minimum absolute atomic E-state index is 0.190. The van der Waals surface area contributed by atoms with Gasteiger partial charge in [-0.05, 0) is 37.4 Å². The number of alkyl halides is 1. The number of ketones is 1. The SMILES string of the molecule is CI.CN(C)CC1CCc2ccccc2C1=O. The van der Waals surface area contributed by atoms with Crippen LogP contribution in [0.1, 0.15) is 22.3 Å². The monoisotopic (exact) mass is 345 g/mol. The molecule has 1 aromatic carbocycles. The topological polar surface area (TPSA) is 20.3 Å². The Bertz CT molecular complexity index is 376. The average molecular weight is 345 g/mol. The van der Waals surface area contributed by atoms with Crippen molar-refractivity contribution in [3.8, 4) is 0 Å². The number of hydrogen-bond donors (Lipinski definition) is 0. The quantitative estimate of drug-likeness (QED) is 0.607. The van der Waals surface area contributed by atoms with E-state index in [9.17, 15) is 4.79 Å². The van der Waals surface area contributed by atoms with E-state index in [2.05, 4.69) is 33.6 Å². The van der Waals surface area contributed by atoms with Gasteiger partial charge in [-0.1, -0.05) is 46.9 Å². The van der Waals surface area contributed by atoms with Gasteiger partial charge in [0.05, 0.1) is 0 Å². The minimum atomic E-state index is 0.190. The third kappa shape index (κ3) is 3.78. The van der Waals surface area contributed by atoms with Crippen LogP contribution in [-0.4, -0.2) is 36.3 Å². The Morgan fingerprint density at radius 3 is 2.59 bits per heavy atom. The second kappa shape index (κ2) is 7.11. The van der Waals surface area contributed by atoms with E-state index in [0.717, 1.165) is 24.9 Å². The summed E-state index contributed by atoms with van der Waals surface area (Å²) in [6.07, 6.45) is 2.04. The Kier molecular flexibility index (Phi) is 6.12. The first-order valence-electron chi connectivity index (χ1n) is 5.83. The van der Waals surface area contributed by atoms with Crippen molar-refractivity contribution in [2.24, 2.45) is 5.92 Å². The molecule has 1 aromatic rings. The van der Waals surface area contributed by atoms with E-state index < -0.39 is 0 Å². The zero-order chi connectivity index (χ0) is 12.8. The number of halogens is 1. The Balaban J connectivity index is 0.000000686. The number of hydrogen-bond acceptors (Lipinski definition) is 2. The molecule has 0 N–H and O–H groups in total. The number of benzene rings is 1. The van der Waals surface area contributed by atoms with Gasteiger partial charge in [0.2, 0.25) is 0 Å². The Morgan fingerprint density at radius 1 is 1.29 bits per heavy atom. The number of carbonyl (C=O) groups excluding carboxylic acids is 1. The third-order valence-electron chi connectivity index (χ3n) is 3.00. The first-order chi connectivity index (χ1) is 8.18. The standard InChI is InChI=1S/C13H17NO.CH3I/c1-14(2)9-11-8-7-10-5-3-4-6-12(10)13(11)15;1-2/h3-6,11H,7-9H2,1-2H3;1H3. The first-order valence-corrected chi connectivity index (χ1v) is 7.99. The highest BCUT2D eigenvalue weighted by atomic mass is 127. The number of rotatable bonds is 2. The third-order valence-corrected chi connectivity index (χ3v) is 3.00. The Morgan fingerprint density at radius 2 is 1.94 bits per heavy atom. The van der Waals surface area contributed by atoms with Gasteiger partial charge in [0.1, 0.15) is 0 Å². The molecule has 2 rings (SSSR count). The highest BCUT2D eigenvalue weighted by Gasteiger charge is 2.26. The molecule has 0 heterocycles. The van der Waals surface area contributed by atoms with Crippen molar-refractivity contribution >= 4 is 28.4 Å². The molecule has 0 fully saturated rings. The lowest BCUT2D eigenvalue weighted by Gasteiger charge is -2.25. The zero-order valence-electron chi connectivity index (χ0n) is 10.7. The van der Waals surface area contributed by atoms with Crippen LogP contribution in [0.4, 0.5) is 0 Å². The van der Waals surface area contributed by atoms with Crippen LogP contribution in [-0.2, 0) is 6.42 Å².